The second kappa shape index (κ2) is 10.1. The molecule has 2 N–H and O–H groups in total. The molecule has 2 heteroatoms. The molecule has 0 aromatic rings. The number of rotatable bonds is 7. The van der Waals surface area contributed by atoms with Crippen LogP contribution in [0.5, 0.6) is 0 Å². The normalized spacial score (nSPS) is 19.3. The Labute approximate surface area is 102 Å². The lowest BCUT2D eigenvalue weighted by atomic mass is 9.91. The molecule has 0 aromatic heterocycles. The summed E-state index contributed by atoms with van der Waals surface area (Å²) in [6.45, 7) is 6.88. The molecule has 1 aliphatic carbocycles. The van der Waals surface area contributed by atoms with Gasteiger partial charge in [-0.3, -0.25) is 0 Å². The summed E-state index contributed by atoms with van der Waals surface area (Å²) < 4.78 is 0. The van der Waals surface area contributed by atoms with Gasteiger partial charge in [-0.25, -0.2) is 0 Å². The Hall–Kier alpha value is -0.0800. The van der Waals surface area contributed by atoms with Crippen molar-refractivity contribution in [2.24, 2.45) is 5.92 Å². The van der Waals surface area contributed by atoms with Gasteiger partial charge in [-0.1, -0.05) is 39.0 Å². The van der Waals surface area contributed by atoms with Crippen molar-refractivity contribution in [3.8, 4) is 0 Å². The lowest BCUT2D eigenvalue weighted by molar-refractivity contribution is 0.361. The summed E-state index contributed by atoms with van der Waals surface area (Å²) in [6.07, 6.45) is 11.5. The van der Waals surface area contributed by atoms with E-state index in [0.29, 0.717) is 0 Å². The van der Waals surface area contributed by atoms with Crippen LogP contribution < -0.4 is 10.6 Å². The summed E-state index contributed by atoms with van der Waals surface area (Å²) >= 11 is 0. The lowest BCUT2D eigenvalue weighted by Gasteiger charge is -2.20. The van der Waals surface area contributed by atoms with Gasteiger partial charge in [-0.05, 0) is 38.3 Å². The summed E-state index contributed by atoms with van der Waals surface area (Å²) in [4.78, 5) is 0. The Morgan fingerprint density at radius 2 is 1.44 bits per heavy atom. The first-order valence-corrected chi connectivity index (χ1v) is 7.35. The van der Waals surface area contributed by atoms with Gasteiger partial charge in [0.25, 0.3) is 0 Å². The first-order chi connectivity index (χ1) is 7.93. The molecule has 0 spiro atoms. The predicted octanol–water partition coefficient (Wildman–Crippen LogP) is 2.94. The predicted molar refractivity (Wildman–Crippen MR) is 71.8 cm³/mol. The molecule has 0 heterocycles. The van der Waals surface area contributed by atoms with Gasteiger partial charge in [-0.15, -0.1) is 0 Å². The fourth-order valence-electron chi connectivity index (χ4n) is 2.53. The van der Waals surface area contributed by atoms with Gasteiger partial charge >= 0.3 is 0 Å². The van der Waals surface area contributed by atoms with Crippen LogP contribution in [0.3, 0.4) is 0 Å². The maximum atomic E-state index is 3.60. The molecule has 0 bridgehead atoms. The quantitative estimate of drug-likeness (QED) is 0.652. The van der Waals surface area contributed by atoms with Crippen molar-refractivity contribution in [3.05, 3.63) is 0 Å². The first kappa shape index (κ1) is 14.0. The molecule has 0 radical (unpaired) electrons. The third kappa shape index (κ3) is 7.24. The highest BCUT2D eigenvalue weighted by atomic mass is 14.9. The van der Waals surface area contributed by atoms with Crippen LogP contribution in [-0.2, 0) is 0 Å². The van der Waals surface area contributed by atoms with Crippen LogP contribution in [0.15, 0.2) is 0 Å². The zero-order valence-electron chi connectivity index (χ0n) is 11.1. The fraction of sp³-hybridized carbons (Fsp3) is 1.00. The third-order valence-corrected chi connectivity index (χ3v) is 3.56. The van der Waals surface area contributed by atoms with Crippen molar-refractivity contribution in [1.82, 2.24) is 10.6 Å². The lowest BCUT2D eigenvalue weighted by Crippen LogP contribution is -2.31. The van der Waals surface area contributed by atoms with Gasteiger partial charge in [0.2, 0.25) is 0 Å². The van der Waals surface area contributed by atoms with E-state index in [0.717, 1.165) is 25.6 Å². The molecular formula is C14H30N2. The van der Waals surface area contributed by atoms with Crippen LogP contribution in [-0.4, -0.2) is 26.2 Å². The van der Waals surface area contributed by atoms with Crippen molar-refractivity contribution in [2.45, 2.75) is 58.3 Å². The zero-order chi connectivity index (χ0) is 11.5. The van der Waals surface area contributed by atoms with Crippen LogP contribution in [0.4, 0.5) is 0 Å². The highest BCUT2D eigenvalue weighted by molar-refractivity contribution is 4.66. The fourth-order valence-corrected chi connectivity index (χ4v) is 2.53. The van der Waals surface area contributed by atoms with E-state index in [-0.39, 0.29) is 0 Å². The van der Waals surface area contributed by atoms with Gasteiger partial charge in [-0.2, -0.15) is 0 Å². The van der Waals surface area contributed by atoms with Crippen LogP contribution in [0.2, 0.25) is 0 Å². The van der Waals surface area contributed by atoms with Crippen molar-refractivity contribution >= 4 is 0 Å². The number of nitrogens with one attached hydrogen (secondary N) is 2. The zero-order valence-corrected chi connectivity index (χ0v) is 11.1. The maximum Gasteiger partial charge on any atom is 0.00768 e. The molecule has 2 nitrogen and oxygen atoms in total. The van der Waals surface area contributed by atoms with Crippen LogP contribution in [0.25, 0.3) is 0 Å². The third-order valence-electron chi connectivity index (χ3n) is 3.56. The Morgan fingerprint density at radius 3 is 2.12 bits per heavy atom. The molecule has 16 heavy (non-hydrogen) atoms. The highest BCUT2D eigenvalue weighted by Crippen LogP contribution is 2.21. The van der Waals surface area contributed by atoms with E-state index in [9.17, 15) is 0 Å². The average Bonchev–Trinajstić information content (AvgIpc) is 2.25. The molecule has 0 aliphatic heterocycles. The van der Waals surface area contributed by atoms with E-state index in [1.54, 1.807) is 0 Å². The second-order valence-corrected chi connectivity index (χ2v) is 5.17. The minimum Gasteiger partial charge on any atom is -0.315 e. The topological polar surface area (TPSA) is 24.1 Å². The summed E-state index contributed by atoms with van der Waals surface area (Å²) in [5, 5.41) is 7.03. The van der Waals surface area contributed by atoms with Crippen LogP contribution >= 0.6 is 0 Å². The number of hydrogen-bond acceptors (Lipinski definition) is 2. The van der Waals surface area contributed by atoms with Gasteiger partial charge in [0, 0.05) is 13.1 Å². The van der Waals surface area contributed by atoms with E-state index in [1.807, 2.05) is 0 Å². The summed E-state index contributed by atoms with van der Waals surface area (Å²) in [6, 6.07) is 0. The van der Waals surface area contributed by atoms with Crippen LogP contribution in [0.1, 0.15) is 58.3 Å². The van der Waals surface area contributed by atoms with Gasteiger partial charge in [0.1, 0.15) is 0 Å². The monoisotopic (exact) mass is 226 g/mol. The Bertz CT molecular complexity index is 140. The smallest absolute Gasteiger partial charge is 0.00768 e. The van der Waals surface area contributed by atoms with Crippen LogP contribution in [0, 0.1) is 5.92 Å². The van der Waals surface area contributed by atoms with Crippen molar-refractivity contribution < 1.29 is 0 Å². The molecule has 1 rings (SSSR count). The molecular weight excluding hydrogens is 196 g/mol. The molecule has 0 saturated heterocycles. The molecule has 0 unspecified atom stereocenters. The molecule has 1 aliphatic rings. The minimum absolute atomic E-state index is 0.950. The van der Waals surface area contributed by atoms with Gasteiger partial charge < -0.3 is 10.6 Å². The Balaban J connectivity index is 1.93. The Morgan fingerprint density at radius 1 is 0.812 bits per heavy atom. The SMILES string of the molecule is CCCNCCNCC1CCCCCCC1. The average molecular weight is 226 g/mol. The summed E-state index contributed by atoms with van der Waals surface area (Å²) in [5.41, 5.74) is 0. The van der Waals surface area contributed by atoms with Crippen molar-refractivity contribution in [3.63, 3.8) is 0 Å². The first-order valence-electron chi connectivity index (χ1n) is 7.35. The highest BCUT2D eigenvalue weighted by Gasteiger charge is 2.10. The standard InChI is InChI=1S/C14H30N2/c1-2-10-15-11-12-16-13-14-8-6-4-3-5-7-9-14/h14-16H,2-13H2,1H3. The van der Waals surface area contributed by atoms with E-state index in [4.69, 9.17) is 0 Å². The van der Waals surface area contributed by atoms with Crippen molar-refractivity contribution in [2.75, 3.05) is 26.2 Å². The maximum absolute atomic E-state index is 3.60. The van der Waals surface area contributed by atoms with E-state index >= 15 is 0 Å². The van der Waals surface area contributed by atoms with Crippen molar-refractivity contribution in [1.29, 1.82) is 0 Å². The summed E-state index contributed by atoms with van der Waals surface area (Å²) in [7, 11) is 0. The molecule has 1 saturated carbocycles. The summed E-state index contributed by atoms with van der Waals surface area (Å²) in [5.74, 6) is 0.950. The largest absolute Gasteiger partial charge is 0.315 e. The molecule has 96 valence electrons. The Kier molecular flexibility index (Phi) is 8.83. The molecule has 0 atom stereocenters. The minimum atomic E-state index is 0.950. The molecule has 0 amide bonds. The van der Waals surface area contributed by atoms with E-state index in [2.05, 4.69) is 17.6 Å². The second-order valence-electron chi connectivity index (χ2n) is 5.17. The molecule has 0 aromatic carbocycles. The number of hydrogen-bond donors (Lipinski definition) is 2. The van der Waals surface area contributed by atoms with E-state index < -0.39 is 0 Å². The van der Waals surface area contributed by atoms with Gasteiger partial charge in [0.05, 0.1) is 0 Å². The van der Waals surface area contributed by atoms with Gasteiger partial charge in [0.15, 0.2) is 0 Å². The molecule has 1 fully saturated rings. The van der Waals surface area contributed by atoms with E-state index in [1.165, 1.54) is 57.9 Å².